The molecule has 0 spiro atoms. The van der Waals surface area contributed by atoms with E-state index in [1.807, 2.05) is 0 Å². The lowest BCUT2D eigenvalue weighted by molar-refractivity contribution is 0.0611. The molecule has 34 heavy (non-hydrogen) atoms. The van der Waals surface area contributed by atoms with Gasteiger partial charge in [-0.15, -0.1) is 0 Å². The first-order valence-electron chi connectivity index (χ1n) is 13.3. The molecule has 3 aliphatic rings. The van der Waals surface area contributed by atoms with Crippen molar-refractivity contribution in [2.45, 2.75) is 108 Å². The van der Waals surface area contributed by atoms with Crippen LogP contribution in [0.2, 0.25) is 0 Å². The minimum Gasteiger partial charge on any atom is -0.444 e. The van der Waals surface area contributed by atoms with Crippen LogP contribution in [0, 0.1) is 23.2 Å². The number of amides is 1. The van der Waals surface area contributed by atoms with Gasteiger partial charge in [0, 0.05) is 9.84 Å². The second-order valence-corrected chi connectivity index (χ2v) is 15.1. The Bertz CT molecular complexity index is 802. The predicted octanol–water partition coefficient (Wildman–Crippen LogP) is 7.39. The molecule has 3 fully saturated rings. The number of alkyl halides is 1. The van der Waals surface area contributed by atoms with E-state index in [0.29, 0.717) is 31.4 Å². The first-order chi connectivity index (χ1) is 16.0. The highest BCUT2D eigenvalue weighted by molar-refractivity contribution is 14.1. The Labute approximate surface area is 229 Å². The molecule has 0 aromatic heterocycles. The second-order valence-electron chi connectivity index (χ2n) is 11.8. The van der Waals surface area contributed by atoms with Gasteiger partial charge in [-0.1, -0.05) is 93.0 Å². The summed E-state index contributed by atoms with van der Waals surface area (Å²) in [6, 6.07) is 0. The molecule has 6 heteroatoms. The Morgan fingerprint density at radius 1 is 1.32 bits per heavy atom. The van der Waals surface area contributed by atoms with Crippen molar-refractivity contribution in [1.82, 2.24) is 5.48 Å². The van der Waals surface area contributed by atoms with Crippen LogP contribution in [0.25, 0.3) is 0 Å². The van der Waals surface area contributed by atoms with Crippen molar-refractivity contribution in [2.24, 2.45) is 23.2 Å². The van der Waals surface area contributed by atoms with Gasteiger partial charge in [0.1, 0.15) is 6.10 Å². The Hall–Kier alpha value is -0.288. The lowest BCUT2D eigenvalue weighted by Crippen LogP contribution is -2.36. The Morgan fingerprint density at radius 2 is 2.09 bits per heavy atom. The van der Waals surface area contributed by atoms with Crippen LogP contribution < -0.4 is 5.48 Å². The number of hydrogen-bond acceptors (Lipinski definition) is 3. The van der Waals surface area contributed by atoms with E-state index in [9.17, 15) is 4.79 Å². The molecule has 0 radical (unpaired) electrons. The Balaban J connectivity index is 1.66. The van der Waals surface area contributed by atoms with Crippen LogP contribution in [-0.2, 0) is 8.63 Å². The number of fused-ring (bicyclic) bond motifs is 1. The summed E-state index contributed by atoms with van der Waals surface area (Å²) in [6.45, 7) is 14.1. The number of allylic oxidation sites excluding steroid dienone is 4. The molecule has 4 nitrogen and oxygen atoms in total. The summed E-state index contributed by atoms with van der Waals surface area (Å²) in [7, 11) is 0. The summed E-state index contributed by atoms with van der Waals surface area (Å²) in [5.74, 6) is 2.37. The quantitative estimate of drug-likeness (QED) is 0.137. The first-order valence-corrected chi connectivity index (χ1v) is 15.2. The van der Waals surface area contributed by atoms with Crippen LogP contribution in [0.4, 0.5) is 4.79 Å². The van der Waals surface area contributed by atoms with E-state index >= 15 is 0 Å². The van der Waals surface area contributed by atoms with Crippen molar-refractivity contribution in [3.63, 3.8) is 0 Å². The summed E-state index contributed by atoms with van der Waals surface area (Å²) in [5.41, 5.74) is 6.82. The van der Waals surface area contributed by atoms with Crippen LogP contribution in [-0.4, -0.2) is 32.2 Å². The third-order valence-corrected chi connectivity index (χ3v) is 9.53. The fraction of sp³-hybridized carbons (Fsp3) is 0.750. The fourth-order valence-corrected chi connectivity index (χ4v) is 7.55. The van der Waals surface area contributed by atoms with Crippen molar-refractivity contribution in [1.29, 1.82) is 0 Å². The fourth-order valence-electron chi connectivity index (χ4n) is 7.00. The maximum atomic E-state index is 11.8. The number of carbonyl (C=O) groups is 1. The molecule has 3 saturated carbocycles. The van der Waals surface area contributed by atoms with Gasteiger partial charge < -0.3 is 8.63 Å². The van der Waals surface area contributed by atoms with Crippen LogP contribution in [0.3, 0.4) is 0 Å². The Morgan fingerprint density at radius 3 is 2.79 bits per heavy atom. The summed E-state index contributed by atoms with van der Waals surface area (Å²) < 4.78 is 10.7. The molecule has 0 aromatic rings. The van der Waals surface area contributed by atoms with Gasteiger partial charge in [0.15, 0.2) is 0 Å². The van der Waals surface area contributed by atoms with Crippen LogP contribution in [0.15, 0.2) is 35.5 Å². The zero-order chi connectivity index (χ0) is 24.9. The molecule has 0 bridgehead atoms. The van der Waals surface area contributed by atoms with E-state index in [1.165, 1.54) is 62.5 Å². The Kier molecular flexibility index (Phi) is 10.2. The van der Waals surface area contributed by atoms with Crippen molar-refractivity contribution >= 4 is 45.3 Å². The molecule has 190 valence electrons. The minimum atomic E-state index is -0.485. The highest BCUT2D eigenvalue weighted by Crippen LogP contribution is 2.60. The molecular weight excluding hydrogens is 552 g/mol. The molecule has 5 atom stereocenters. The van der Waals surface area contributed by atoms with E-state index < -0.39 is 6.09 Å². The van der Waals surface area contributed by atoms with Gasteiger partial charge in [-0.25, -0.2) is 10.3 Å². The summed E-state index contributed by atoms with van der Waals surface area (Å²) >= 11 is 3.05. The van der Waals surface area contributed by atoms with Gasteiger partial charge >= 0.3 is 22.7 Å². The molecule has 0 aromatic carbocycles. The van der Waals surface area contributed by atoms with Crippen LogP contribution in [0.1, 0.15) is 98.3 Å². The topological polar surface area (TPSA) is 47.6 Å². The van der Waals surface area contributed by atoms with Gasteiger partial charge in [0.2, 0.25) is 0 Å². The minimum absolute atomic E-state index is 0.104. The number of halogens is 1. The molecule has 1 amide bonds. The number of hydroxylamine groups is 1. The smallest absolute Gasteiger partial charge is 0.444 e. The number of ether oxygens (including phenoxy) is 1. The summed E-state index contributed by atoms with van der Waals surface area (Å²) in [6.07, 6.45) is 17.2. The van der Waals surface area contributed by atoms with Crippen molar-refractivity contribution in [3.05, 3.63) is 35.5 Å². The van der Waals surface area contributed by atoms with Gasteiger partial charge in [-0.3, -0.25) is 0 Å². The summed E-state index contributed by atoms with van der Waals surface area (Å²) in [5, 5.41) is 0. The third-order valence-electron chi connectivity index (χ3n) is 8.78. The van der Waals surface area contributed by atoms with Gasteiger partial charge in [0.05, 0.1) is 0 Å². The highest BCUT2D eigenvalue weighted by Gasteiger charge is 2.50. The van der Waals surface area contributed by atoms with E-state index in [4.69, 9.17) is 8.63 Å². The van der Waals surface area contributed by atoms with Gasteiger partial charge in [-0.05, 0) is 80.1 Å². The van der Waals surface area contributed by atoms with Gasteiger partial charge in [0.25, 0.3) is 0 Å². The monoisotopic (exact) mass is 597 g/mol. The largest absolute Gasteiger partial charge is 0.452 e. The van der Waals surface area contributed by atoms with E-state index in [0.717, 1.165) is 31.1 Å². The van der Waals surface area contributed by atoms with E-state index in [2.05, 4.69) is 74.5 Å². The average molecular weight is 598 g/mol. The number of carbonyl (C=O) groups excluding carboxylic acids is 1. The normalized spacial score (nSPS) is 33.1. The third kappa shape index (κ3) is 7.37. The molecule has 1 N–H and O–H groups in total. The van der Waals surface area contributed by atoms with Gasteiger partial charge in [-0.2, -0.15) is 0 Å². The molecular formula is C28H45AlINO3. The van der Waals surface area contributed by atoms with Crippen molar-refractivity contribution in [3.8, 4) is 0 Å². The zero-order valence-corrected chi connectivity index (χ0v) is 26.2. The van der Waals surface area contributed by atoms with Crippen molar-refractivity contribution < 1.29 is 13.4 Å². The molecule has 3 aliphatic carbocycles. The standard InChI is InChI=1S/C28H43INO3.Al.2H/c1-19-10-13-23(33-26(31)30-32)18-22(19)12-11-21-9-7-17-28(5)24(14-15-25(21)28)20(2)8-6-16-27(3,4)29;;;/h11-12,20,23-25H,1,6-10,13-18H2,2-5H3,(H-,30,31,32);;;/q-1;+1;;/b21-11+,22-12-;;;/t20-,23?,24+,25?,28+;;;/m0.../s1. The first kappa shape index (κ1) is 28.3. The second kappa shape index (κ2) is 12.3. The lowest BCUT2D eigenvalue weighted by Gasteiger charge is -2.44. The number of nitrogens with one attached hydrogen (secondary N) is 1. The number of rotatable bonds is 8. The molecule has 0 heterocycles. The van der Waals surface area contributed by atoms with Crippen LogP contribution in [0.5, 0.6) is 0 Å². The molecule has 3 rings (SSSR count). The number of hydrogen-bond donors (Lipinski definition) is 1. The van der Waals surface area contributed by atoms with E-state index in [-0.39, 0.29) is 6.10 Å². The summed E-state index contributed by atoms with van der Waals surface area (Å²) in [4.78, 5) is 11.8. The van der Waals surface area contributed by atoms with E-state index in [1.54, 1.807) is 5.57 Å². The van der Waals surface area contributed by atoms with Crippen LogP contribution >= 0.6 is 22.6 Å². The highest BCUT2D eigenvalue weighted by atomic mass is 127. The molecule has 2 unspecified atom stereocenters. The lowest BCUT2D eigenvalue weighted by atomic mass is 9.60. The average Bonchev–Trinajstić information content (AvgIpc) is 3.11. The molecule has 0 saturated heterocycles. The zero-order valence-electron chi connectivity index (χ0n) is 22.1. The maximum absolute atomic E-state index is 11.8. The predicted molar refractivity (Wildman–Crippen MR) is 151 cm³/mol. The SMILES string of the molecule is C=C1CCC(OC(=O)N[O][AlH2])C/C1=C/C=C1\CCC[C@@]2(C)C1CC[C@@H]2[C@@H](C)CCCC(C)(C)I. The maximum Gasteiger partial charge on any atom is 0.452 e. The molecule has 0 aliphatic heterocycles. The van der Waals surface area contributed by atoms with Crippen molar-refractivity contribution in [2.75, 3.05) is 0 Å².